The molecule has 3 aromatic carbocycles. The van der Waals surface area contributed by atoms with Gasteiger partial charge < -0.3 is 13.9 Å². The van der Waals surface area contributed by atoms with Gasteiger partial charge in [-0.25, -0.2) is 9.79 Å². The topological polar surface area (TPSA) is 83.0 Å². The van der Waals surface area contributed by atoms with Gasteiger partial charge in [0.15, 0.2) is 4.80 Å². The van der Waals surface area contributed by atoms with Crippen LogP contribution in [0.25, 0.3) is 23.1 Å². The maximum Gasteiger partial charge on any atom is 0.416 e. The molecule has 0 amide bonds. The van der Waals surface area contributed by atoms with E-state index in [1.54, 1.807) is 43.3 Å². The molecule has 0 radical (unpaired) electrons. The number of halogens is 3. The van der Waals surface area contributed by atoms with Gasteiger partial charge in [-0.2, -0.15) is 13.2 Å². The van der Waals surface area contributed by atoms with E-state index in [9.17, 15) is 22.8 Å². The third-order valence-electron chi connectivity index (χ3n) is 7.16. The predicted molar refractivity (Wildman–Crippen MR) is 163 cm³/mol. The molecule has 0 unspecified atom stereocenters. The molecule has 0 fully saturated rings. The molecule has 0 N–H and O–H groups in total. The molecule has 3 heterocycles. The maximum absolute atomic E-state index is 14.1. The van der Waals surface area contributed by atoms with E-state index >= 15 is 0 Å². The molecule has 1 atom stereocenters. The Labute approximate surface area is 258 Å². The minimum atomic E-state index is -4.50. The summed E-state index contributed by atoms with van der Waals surface area (Å²) < 4.78 is 58.3. The summed E-state index contributed by atoms with van der Waals surface area (Å²) in [6.45, 7) is 1.82. The van der Waals surface area contributed by atoms with Crippen LogP contribution in [0.5, 0.6) is 5.75 Å². The first-order valence-electron chi connectivity index (χ1n) is 13.9. The second-order valence-corrected chi connectivity index (χ2v) is 11.0. The van der Waals surface area contributed by atoms with Crippen molar-refractivity contribution in [3.05, 3.63) is 139 Å². The minimum absolute atomic E-state index is 0.117. The molecule has 228 valence electrons. The fourth-order valence-electron chi connectivity index (χ4n) is 5.13. The second kappa shape index (κ2) is 12.1. The first-order valence-corrected chi connectivity index (χ1v) is 14.7. The van der Waals surface area contributed by atoms with Gasteiger partial charge in [-0.1, -0.05) is 65.9 Å². The molecule has 5 aromatic rings. The lowest BCUT2D eigenvalue weighted by molar-refractivity contribution is -0.139. The van der Waals surface area contributed by atoms with Gasteiger partial charge in [0, 0.05) is 17.2 Å². The van der Waals surface area contributed by atoms with Gasteiger partial charge in [-0.15, -0.1) is 0 Å². The van der Waals surface area contributed by atoms with Crippen LogP contribution >= 0.6 is 11.3 Å². The van der Waals surface area contributed by atoms with Crippen LogP contribution in [-0.2, 0) is 15.7 Å². The lowest BCUT2D eigenvalue weighted by atomic mass is 9.93. The number of aromatic nitrogens is 1. The third kappa shape index (κ3) is 5.86. The zero-order valence-corrected chi connectivity index (χ0v) is 24.8. The van der Waals surface area contributed by atoms with Crippen molar-refractivity contribution in [1.82, 2.24) is 4.57 Å². The smallest absolute Gasteiger partial charge is 0.416 e. The number of thiazole rings is 1. The van der Waals surface area contributed by atoms with Crippen LogP contribution in [-0.4, -0.2) is 24.3 Å². The quantitative estimate of drug-likeness (QED) is 0.200. The Bertz CT molecular complexity index is 2110. The number of carbonyl (C=O) groups excluding carboxylic acids is 1. The maximum atomic E-state index is 14.1. The molecule has 0 bridgehead atoms. The lowest BCUT2D eigenvalue weighted by Crippen LogP contribution is -2.40. The average Bonchev–Trinajstić information content (AvgIpc) is 3.64. The zero-order chi connectivity index (χ0) is 31.7. The average molecular weight is 631 g/mol. The molecule has 11 heteroatoms. The molecule has 2 aromatic heterocycles. The van der Waals surface area contributed by atoms with Crippen LogP contribution in [0.4, 0.5) is 13.2 Å². The molecular formula is C34H25F3N2O5S. The molecule has 0 saturated carbocycles. The summed E-state index contributed by atoms with van der Waals surface area (Å²) in [7, 11) is 1.53. The SMILES string of the molecule is CCOC(=O)C1=C(c2ccccc2)N=c2s/c(=C\c3ccc(-c4cccc(C(F)(F)F)c4)o3)c(=O)n2[C@@H]1c1cccc(OC)c1. The summed E-state index contributed by atoms with van der Waals surface area (Å²) in [6, 6.07) is 23.3. The summed E-state index contributed by atoms with van der Waals surface area (Å²) >= 11 is 1.10. The van der Waals surface area contributed by atoms with Crippen LogP contribution in [0, 0.1) is 0 Å². The van der Waals surface area contributed by atoms with Gasteiger partial charge in [0.05, 0.1) is 41.1 Å². The van der Waals surface area contributed by atoms with E-state index in [4.69, 9.17) is 18.9 Å². The largest absolute Gasteiger partial charge is 0.497 e. The number of ether oxygens (including phenoxy) is 2. The lowest BCUT2D eigenvalue weighted by Gasteiger charge is -2.26. The second-order valence-electron chi connectivity index (χ2n) is 9.99. The molecule has 45 heavy (non-hydrogen) atoms. The summed E-state index contributed by atoms with van der Waals surface area (Å²) in [5.74, 6) is 0.400. The number of methoxy groups -OCH3 is 1. The van der Waals surface area contributed by atoms with Crippen molar-refractivity contribution in [2.45, 2.75) is 19.1 Å². The highest BCUT2D eigenvalue weighted by atomic mass is 32.1. The number of carbonyl (C=O) groups is 1. The van der Waals surface area contributed by atoms with Gasteiger partial charge in [0.25, 0.3) is 5.56 Å². The number of benzene rings is 3. The molecule has 0 spiro atoms. The van der Waals surface area contributed by atoms with Crippen molar-refractivity contribution in [3.63, 3.8) is 0 Å². The Morgan fingerprint density at radius 1 is 1.00 bits per heavy atom. The Hall–Kier alpha value is -5.16. The number of furan rings is 1. The Morgan fingerprint density at radius 2 is 1.76 bits per heavy atom. The van der Waals surface area contributed by atoms with Crippen molar-refractivity contribution in [2.75, 3.05) is 13.7 Å². The third-order valence-corrected chi connectivity index (χ3v) is 8.14. The number of fused-ring (bicyclic) bond motifs is 1. The van der Waals surface area contributed by atoms with Crippen LogP contribution in [0.3, 0.4) is 0 Å². The number of esters is 1. The monoisotopic (exact) mass is 630 g/mol. The number of hydrogen-bond donors (Lipinski definition) is 0. The van der Waals surface area contributed by atoms with E-state index in [1.807, 2.05) is 30.3 Å². The Morgan fingerprint density at radius 3 is 2.49 bits per heavy atom. The number of alkyl halides is 3. The number of hydrogen-bond acceptors (Lipinski definition) is 7. The van der Waals surface area contributed by atoms with Crippen molar-refractivity contribution in [1.29, 1.82) is 0 Å². The van der Waals surface area contributed by atoms with Crippen LogP contribution < -0.4 is 19.6 Å². The number of rotatable bonds is 7. The van der Waals surface area contributed by atoms with Crippen molar-refractivity contribution in [3.8, 4) is 17.1 Å². The normalized spacial score (nSPS) is 15.0. The van der Waals surface area contributed by atoms with Crippen molar-refractivity contribution < 1.29 is 31.9 Å². The van der Waals surface area contributed by atoms with E-state index in [0.717, 1.165) is 23.5 Å². The molecule has 7 nitrogen and oxygen atoms in total. The highest BCUT2D eigenvalue weighted by Gasteiger charge is 2.35. The van der Waals surface area contributed by atoms with Crippen molar-refractivity contribution in [2.24, 2.45) is 4.99 Å². The van der Waals surface area contributed by atoms with E-state index in [1.165, 1.54) is 29.9 Å². The Kier molecular flexibility index (Phi) is 8.03. The number of nitrogens with zero attached hydrogens (tertiary/aromatic N) is 2. The highest BCUT2D eigenvalue weighted by molar-refractivity contribution is 7.07. The van der Waals surface area contributed by atoms with E-state index < -0.39 is 29.3 Å². The fraction of sp³-hybridized carbons (Fsp3) is 0.147. The van der Waals surface area contributed by atoms with Gasteiger partial charge in [-0.05, 0) is 48.9 Å². The summed E-state index contributed by atoms with van der Waals surface area (Å²) in [5, 5.41) is 0. The van der Waals surface area contributed by atoms with Gasteiger partial charge in [-0.3, -0.25) is 9.36 Å². The predicted octanol–water partition coefficient (Wildman–Crippen LogP) is 6.22. The summed E-state index contributed by atoms with van der Waals surface area (Å²) in [6.07, 6.45) is -2.99. The summed E-state index contributed by atoms with van der Waals surface area (Å²) in [4.78, 5) is 32.8. The standard InChI is InChI=1S/C34H25F3N2O5S/c1-3-43-32(41)28-29(20-9-5-4-6-10-20)38-33-39(30(28)22-12-8-14-24(18-22)42-2)31(40)27(45-33)19-25-15-16-26(44-25)21-11-7-13-23(17-21)34(35,36)37/h4-19,30H,3H2,1-2H3/b27-19-/t30-/m1/s1. The molecule has 0 saturated heterocycles. The summed E-state index contributed by atoms with van der Waals surface area (Å²) in [5.41, 5.74) is 0.865. The highest BCUT2D eigenvalue weighted by Crippen LogP contribution is 2.36. The van der Waals surface area contributed by atoms with Gasteiger partial charge in [0.1, 0.15) is 17.3 Å². The minimum Gasteiger partial charge on any atom is -0.497 e. The molecular weight excluding hydrogens is 605 g/mol. The van der Waals surface area contributed by atoms with E-state index in [-0.39, 0.29) is 33.8 Å². The molecule has 6 rings (SSSR count). The zero-order valence-electron chi connectivity index (χ0n) is 24.0. The Balaban J connectivity index is 1.53. The molecule has 1 aliphatic heterocycles. The van der Waals surface area contributed by atoms with Crippen molar-refractivity contribution >= 4 is 29.1 Å². The van der Waals surface area contributed by atoms with E-state index in [2.05, 4.69) is 0 Å². The first-order chi connectivity index (χ1) is 21.7. The molecule has 0 aliphatic carbocycles. The van der Waals surface area contributed by atoms with Crippen LogP contribution in [0.2, 0.25) is 0 Å². The van der Waals surface area contributed by atoms with E-state index in [0.29, 0.717) is 27.4 Å². The molecule has 1 aliphatic rings. The first kappa shape index (κ1) is 29.9. The van der Waals surface area contributed by atoms with Crippen LogP contribution in [0.15, 0.2) is 111 Å². The van der Waals surface area contributed by atoms with Crippen LogP contribution in [0.1, 0.15) is 35.4 Å². The van der Waals surface area contributed by atoms with Gasteiger partial charge in [0.2, 0.25) is 0 Å². The fourth-order valence-corrected chi connectivity index (χ4v) is 6.11. The van der Waals surface area contributed by atoms with Gasteiger partial charge >= 0.3 is 12.1 Å².